The summed E-state index contributed by atoms with van der Waals surface area (Å²) in [5.74, 6) is -0.372. The summed E-state index contributed by atoms with van der Waals surface area (Å²) in [6, 6.07) is 5.39. The Labute approximate surface area is 128 Å². The monoisotopic (exact) mass is 326 g/mol. The SMILES string of the molecule is COC(=O)c1cn2cc(-c3cccc(Cl)c3Cl)nc2s1. The van der Waals surface area contributed by atoms with Crippen LogP contribution >= 0.6 is 34.5 Å². The largest absolute Gasteiger partial charge is 0.465 e. The molecule has 0 bridgehead atoms. The number of rotatable bonds is 2. The van der Waals surface area contributed by atoms with Crippen LogP contribution in [0, 0.1) is 0 Å². The molecule has 0 amide bonds. The van der Waals surface area contributed by atoms with Gasteiger partial charge < -0.3 is 4.74 Å². The average Bonchev–Trinajstić information content (AvgIpc) is 2.99. The molecule has 4 nitrogen and oxygen atoms in total. The second kappa shape index (κ2) is 5.09. The first-order valence-electron chi connectivity index (χ1n) is 5.61. The van der Waals surface area contributed by atoms with E-state index in [-0.39, 0.29) is 5.97 Å². The lowest BCUT2D eigenvalue weighted by molar-refractivity contribution is 0.0606. The summed E-state index contributed by atoms with van der Waals surface area (Å²) >= 11 is 13.4. The number of carbonyl (C=O) groups excluding carboxylic acids is 1. The minimum Gasteiger partial charge on any atom is -0.465 e. The van der Waals surface area contributed by atoms with Crippen LogP contribution in [0.15, 0.2) is 30.6 Å². The Morgan fingerprint density at radius 3 is 2.85 bits per heavy atom. The molecule has 0 aliphatic rings. The maximum atomic E-state index is 11.4. The van der Waals surface area contributed by atoms with Crippen molar-refractivity contribution in [2.75, 3.05) is 7.11 Å². The van der Waals surface area contributed by atoms with Crippen molar-refractivity contribution >= 4 is 45.5 Å². The van der Waals surface area contributed by atoms with Crippen LogP contribution in [0.5, 0.6) is 0 Å². The van der Waals surface area contributed by atoms with Gasteiger partial charge in [0.15, 0.2) is 4.96 Å². The van der Waals surface area contributed by atoms with E-state index in [0.717, 1.165) is 5.56 Å². The predicted octanol–water partition coefficient (Wildman–Crippen LogP) is 4.16. The smallest absolute Gasteiger partial charge is 0.349 e. The van der Waals surface area contributed by atoms with E-state index in [9.17, 15) is 4.79 Å². The quantitative estimate of drug-likeness (QED) is 0.664. The molecule has 0 N–H and O–H groups in total. The van der Waals surface area contributed by atoms with Crippen molar-refractivity contribution in [3.63, 3.8) is 0 Å². The van der Waals surface area contributed by atoms with Crippen LogP contribution in [-0.4, -0.2) is 22.5 Å². The standard InChI is InChI=1S/C13H8Cl2N2O2S/c1-19-12(18)10-6-17-5-9(16-13(17)20-10)7-3-2-4-8(14)11(7)15/h2-6H,1H3. The van der Waals surface area contributed by atoms with E-state index < -0.39 is 0 Å². The van der Waals surface area contributed by atoms with Crippen molar-refractivity contribution < 1.29 is 9.53 Å². The molecule has 102 valence electrons. The van der Waals surface area contributed by atoms with Gasteiger partial charge in [-0.05, 0) is 6.07 Å². The van der Waals surface area contributed by atoms with Crippen LogP contribution in [0.1, 0.15) is 9.67 Å². The highest BCUT2D eigenvalue weighted by molar-refractivity contribution is 7.18. The van der Waals surface area contributed by atoms with Gasteiger partial charge in [-0.2, -0.15) is 0 Å². The molecule has 0 aliphatic carbocycles. The van der Waals surface area contributed by atoms with E-state index in [1.54, 1.807) is 22.9 Å². The van der Waals surface area contributed by atoms with E-state index >= 15 is 0 Å². The van der Waals surface area contributed by atoms with Crippen LogP contribution in [0.3, 0.4) is 0 Å². The highest BCUT2D eigenvalue weighted by atomic mass is 35.5. The molecule has 0 unspecified atom stereocenters. The number of fused-ring (bicyclic) bond motifs is 1. The van der Waals surface area contributed by atoms with Gasteiger partial charge in [0.05, 0.1) is 22.8 Å². The van der Waals surface area contributed by atoms with Gasteiger partial charge in [0.2, 0.25) is 0 Å². The molecule has 20 heavy (non-hydrogen) atoms. The molecule has 0 fully saturated rings. The lowest BCUT2D eigenvalue weighted by Gasteiger charge is -2.01. The summed E-state index contributed by atoms with van der Waals surface area (Å²) in [4.78, 5) is 17.1. The fraction of sp³-hybridized carbons (Fsp3) is 0.0769. The van der Waals surface area contributed by atoms with Gasteiger partial charge in [0.25, 0.3) is 0 Å². The van der Waals surface area contributed by atoms with Crippen LogP contribution in [0.4, 0.5) is 0 Å². The Morgan fingerprint density at radius 2 is 2.15 bits per heavy atom. The van der Waals surface area contributed by atoms with Crippen molar-refractivity contribution in [1.29, 1.82) is 0 Å². The Balaban J connectivity index is 2.08. The zero-order valence-corrected chi connectivity index (χ0v) is 12.6. The summed E-state index contributed by atoms with van der Waals surface area (Å²) in [6.45, 7) is 0. The number of esters is 1. The number of hydrogen-bond acceptors (Lipinski definition) is 4. The number of ether oxygens (including phenoxy) is 1. The number of nitrogens with zero attached hydrogens (tertiary/aromatic N) is 2. The van der Waals surface area contributed by atoms with Crippen molar-refractivity contribution in [3.05, 3.63) is 45.5 Å². The highest BCUT2D eigenvalue weighted by Gasteiger charge is 2.15. The zero-order valence-electron chi connectivity index (χ0n) is 10.3. The molecule has 0 spiro atoms. The lowest BCUT2D eigenvalue weighted by Crippen LogP contribution is -1.97. The number of aromatic nitrogens is 2. The van der Waals surface area contributed by atoms with E-state index in [1.165, 1.54) is 18.4 Å². The molecular formula is C13H8Cl2N2O2S. The number of carbonyl (C=O) groups is 1. The molecule has 1 aromatic carbocycles. The molecular weight excluding hydrogens is 319 g/mol. The first-order valence-corrected chi connectivity index (χ1v) is 7.18. The van der Waals surface area contributed by atoms with E-state index in [1.807, 2.05) is 12.1 Å². The van der Waals surface area contributed by atoms with Gasteiger partial charge in [0, 0.05) is 18.0 Å². The number of halogens is 2. The van der Waals surface area contributed by atoms with Crippen LogP contribution in [0.2, 0.25) is 10.0 Å². The summed E-state index contributed by atoms with van der Waals surface area (Å²) in [6.07, 6.45) is 3.48. The number of methoxy groups -OCH3 is 1. The minimum atomic E-state index is -0.372. The first-order chi connectivity index (χ1) is 9.60. The molecule has 2 aromatic heterocycles. The predicted molar refractivity (Wildman–Crippen MR) is 79.9 cm³/mol. The van der Waals surface area contributed by atoms with Crippen LogP contribution in [0.25, 0.3) is 16.2 Å². The molecule has 0 saturated heterocycles. The van der Waals surface area contributed by atoms with Gasteiger partial charge in [-0.15, -0.1) is 0 Å². The molecule has 3 aromatic rings. The van der Waals surface area contributed by atoms with Gasteiger partial charge in [-0.1, -0.05) is 46.7 Å². The Kier molecular flexibility index (Phi) is 3.41. The highest BCUT2D eigenvalue weighted by Crippen LogP contribution is 2.33. The van der Waals surface area contributed by atoms with Gasteiger partial charge >= 0.3 is 5.97 Å². The number of hydrogen-bond donors (Lipinski definition) is 0. The van der Waals surface area contributed by atoms with Crippen molar-refractivity contribution in [2.24, 2.45) is 0 Å². The number of thiazole rings is 1. The third kappa shape index (κ3) is 2.18. The van der Waals surface area contributed by atoms with E-state index in [0.29, 0.717) is 25.6 Å². The fourth-order valence-electron chi connectivity index (χ4n) is 1.82. The molecule has 2 heterocycles. The van der Waals surface area contributed by atoms with Crippen molar-refractivity contribution in [1.82, 2.24) is 9.38 Å². The number of imidazole rings is 1. The summed E-state index contributed by atoms with van der Waals surface area (Å²) in [7, 11) is 1.35. The molecule has 7 heteroatoms. The maximum absolute atomic E-state index is 11.4. The van der Waals surface area contributed by atoms with Crippen molar-refractivity contribution in [2.45, 2.75) is 0 Å². The normalized spacial score (nSPS) is 10.9. The van der Waals surface area contributed by atoms with Gasteiger partial charge in [-0.25, -0.2) is 9.78 Å². The second-order valence-electron chi connectivity index (χ2n) is 4.00. The van der Waals surface area contributed by atoms with E-state index in [4.69, 9.17) is 23.2 Å². The summed E-state index contributed by atoms with van der Waals surface area (Å²) in [5, 5.41) is 0.948. The van der Waals surface area contributed by atoms with Crippen LogP contribution in [-0.2, 0) is 4.74 Å². The maximum Gasteiger partial charge on any atom is 0.349 e. The molecule has 0 aliphatic heterocycles. The zero-order chi connectivity index (χ0) is 14.3. The fourth-order valence-corrected chi connectivity index (χ4v) is 3.10. The van der Waals surface area contributed by atoms with Crippen molar-refractivity contribution in [3.8, 4) is 11.3 Å². The van der Waals surface area contributed by atoms with Gasteiger partial charge in [0.1, 0.15) is 4.88 Å². The Morgan fingerprint density at radius 1 is 1.35 bits per heavy atom. The second-order valence-corrected chi connectivity index (χ2v) is 5.80. The Bertz CT molecular complexity index is 778. The summed E-state index contributed by atoms with van der Waals surface area (Å²) < 4.78 is 6.44. The molecule has 3 rings (SSSR count). The minimum absolute atomic E-state index is 0.372. The molecule has 0 atom stereocenters. The third-order valence-corrected chi connectivity index (χ3v) is 4.57. The Hall–Kier alpha value is -1.56. The molecule has 0 saturated carbocycles. The molecule has 0 radical (unpaired) electrons. The first kappa shape index (κ1) is 13.4. The van der Waals surface area contributed by atoms with Crippen LogP contribution < -0.4 is 0 Å². The summed E-state index contributed by atoms with van der Waals surface area (Å²) in [5.41, 5.74) is 1.47. The topological polar surface area (TPSA) is 43.6 Å². The lowest BCUT2D eigenvalue weighted by atomic mass is 10.2. The third-order valence-electron chi connectivity index (χ3n) is 2.77. The average molecular weight is 327 g/mol. The van der Waals surface area contributed by atoms with E-state index in [2.05, 4.69) is 9.72 Å². The number of benzene rings is 1. The van der Waals surface area contributed by atoms with Gasteiger partial charge in [-0.3, -0.25) is 4.40 Å².